The summed E-state index contributed by atoms with van der Waals surface area (Å²) >= 11 is 0. The van der Waals surface area contributed by atoms with Gasteiger partial charge in [-0.25, -0.2) is 0 Å². The number of nitrogens with zero attached hydrogens (tertiary/aromatic N) is 1. The average Bonchev–Trinajstić information content (AvgIpc) is 3.17. The molecule has 0 spiro atoms. The van der Waals surface area contributed by atoms with Crippen molar-refractivity contribution in [3.05, 3.63) is 85.1 Å². The summed E-state index contributed by atoms with van der Waals surface area (Å²) in [6.07, 6.45) is 46.4. The van der Waals surface area contributed by atoms with E-state index in [9.17, 15) is 24.5 Å². The number of unbranched alkanes of at least 4 members (excludes halogenated alkanes) is 12. The lowest BCUT2D eigenvalue weighted by atomic mass is 10.1. The number of hydrogen-bond donors (Lipinski definition) is 2. The molecule has 0 fully saturated rings. The van der Waals surface area contributed by atoms with E-state index in [1.165, 1.54) is 64.2 Å². The van der Waals surface area contributed by atoms with E-state index < -0.39 is 32.1 Å². The zero-order valence-corrected chi connectivity index (χ0v) is 38.5. The highest BCUT2D eigenvalue weighted by atomic mass is 31.2. The highest BCUT2D eigenvalue weighted by Crippen LogP contribution is 2.38. The van der Waals surface area contributed by atoms with Gasteiger partial charge in [-0.1, -0.05) is 150 Å². The Labute approximate surface area is 360 Å². The molecule has 4 unspecified atom stereocenters. The second-order valence-corrected chi connectivity index (χ2v) is 17.6. The lowest BCUT2D eigenvalue weighted by molar-refractivity contribution is -0.870. The molecule has 0 aromatic carbocycles. The first kappa shape index (κ1) is 56.6. The number of carbonyl (C=O) groups is 1. The maximum atomic E-state index is 12.7. The molecule has 0 rings (SSSR count). The van der Waals surface area contributed by atoms with Crippen molar-refractivity contribution in [2.24, 2.45) is 0 Å². The van der Waals surface area contributed by atoms with Gasteiger partial charge in [0.15, 0.2) is 0 Å². The summed E-state index contributed by atoms with van der Waals surface area (Å²) in [5.41, 5.74) is 0. The van der Waals surface area contributed by atoms with E-state index in [2.05, 4.69) is 19.1 Å². The van der Waals surface area contributed by atoms with Crippen LogP contribution in [0.3, 0.4) is 0 Å². The van der Waals surface area contributed by atoms with Gasteiger partial charge in [-0.15, -0.1) is 0 Å². The Hall–Kier alpha value is -2.40. The van der Waals surface area contributed by atoms with Gasteiger partial charge in [0.25, 0.3) is 7.82 Å². The van der Waals surface area contributed by atoms with E-state index in [1.807, 2.05) is 81.9 Å². The number of quaternary nitrogens is 1. The van der Waals surface area contributed by atoms with Crippen LogP contribution in [0.1, 0.15) is 142 Å². The van der Waals surface area contributed by atoms with Gasteiger partial charge in [0.2, 0.25) is 0 Å². The SMILES string of the molecule is CCCCCCCC/C=C\CCCCCCCCOCC(COP(=O)([O-])OCC[N+](C)(C)C)OC(=O)CC/C=C/C/C=C/C/C=C/C=C\C(O)C/C=C/C/C=C\C(C)O. The number of ether oxygens (including phenoxy) is 2. The number of phosphoric ester groups is 1. The van der Waals surface area contributed by atoms with Crippen LogP contribution >= 0.6 is 7.82 Å². The zero-order valence-electron chi connectivity index (χ0n) is 37.6. The Morgan fingerprint density at radius 3 is 1.90 bits per heavy atom. The van der Waals surface area contributed by atoms with Gasteiger partial charge in [0, 0.05) is 13.0 Å². The first-order valence-corrected chi connectivity index (χ1v) is 23.9. The van der Waals surface area contributed by atoms with Crippen LogP contribution in [0.15, 0.2) is 85.1 Å². The molecule has 0 heterocycles. The molecular weight excluding hydrogens is 765 g/mol. The van der Waals surface area contributed by atoms with Crippen LogP contribution in [-0.4, -0.2) is 93.1 Å². The molecule has 0 amide bonds. The van der Waals surface area contributed by atoms with E-state index in [4.69, 9.17) is 18.5 Å². The molecule has 0 bridgehead atoms. The summed E-state index contributed by atoms with van der Waals surface area (Å²) in [7, 11) is 1.24. The third kappa shape index (κ3) is 45.0. The first-order valence-electron chi connectivity index (χ1n) is 22.5. The lowest BCUT2D eigenvalue weighted by Crippen LogP contribution is -2.37. The van der Waals surface area contributed by atoms with Crippen molar-refractivity contribution in [2.75, 3.05) is 54.1 Å². The number of likely N-dealkylation sites (N-methyl/N-ethyl adjacent to an activating group) is 1. The molecule has 0 saturated carbocycles. The van der Waals surface area contributed by atoms with Crippen LogP contribution in [0.5, 0.6) is 0 Å². The second-order valence-electron chi connectivity index (χ2n) is 16.2. The van der Waals surface area contributed by atoms with Gasteiger partial charge >= 0.3 is 5.97 Å². The van der Waals surface area contributed by atoms with Crippen molar-refractivity contribution >= 4 is 13.8 Å². The van der Waals surface area contributed by atoms with Crippen molar-refractivity contribution in [1.29, 1.82) is 0 Å². The van der Waals surface area contributed by atoms with Crippen molar-refractivity contribution < 1.29 is 47.5 Å². The molecule has 2 N–H and O–H groups in total. The second kappa shape index (κ2) is 39.7. The quantitative estimate of drug-likeness (QED) is 0.0154. The summed E-state index contributed by atoms with van der Waals surface area (Å²) < 4.78 is 34.4. The van der Waals surface area contributed by atoms with Crippen LogP contribution in [0.2, 0.25) is 0 Å². The smallest absolute Gasteiger partial charge is 0.306 e. The van der Waals surface area contributed by atoms with Crippen molar-refractivity contribution in [3.8, 4) is 0 Å². The molecule has 4 atom stereocenters. The minimum Gasteiger partial charge on any atom is -0.756 e. The highest BCUT2D eigenvalue weighted by molar-refractivity contribution is 7.45. The van der Waals surface area contributed by atoms with Crippen molar-refractivity contribution in [3.63, 3.8) is 0 Å². The molecule has 11 heteroatoms. The first-order chi connectivity index (χ1) is 28.3. The molecule has 0 aromatic heterocycles. The molecule has 59 heavy (non-hydrogen) atoms. The maximum absolute atomic E-state index is 12.7. The Morgan fingerprint density at radius 2 is 1.24 bits per heavy atom. The van der Waals surface area contributed by atoms with E-state index in [0.717, 1.165) is 44.9 Å². The van der Waals surface area contributed by atoms with Crippen LogP contribution < -0.4 is 4.89 Å². The summed E-state index contributed by atoms with van der Waals surface area (Å²) in [5.74, 6) is -0.449. The van der Waals surface area contributed by atoms with Gasteiger partial charge in [-0.2, -0.15) is 0 Å². The van der Waals surface area contributed by atoms with Gasteiger partial charge in [-0.05, 0) is 71.1 Å². The Balaban J connectivity index is 4.45. The number of esters is 1. The fourth-order valence-electron chi connectivity index (χ4n) is 5.54. The molecular formula is C48H84NO9P. The van der Waals surface area contributed by atoms with Gasteiger partial charge in [0.1, 0.15) is 19.3 Å². The number of aliphatic hydroxyl groups is 2. The van der Waals surface area contributed by atoms with Crippen LogP contribution in [0, 0.1) is 0 Å². The lowest BCUT2D eigenvalue weighted by Gasteiger charge is -2.28. The average molecular weight is 850 g/mol. The third-order valence-corrected chi connectivity index (χ3v) is 10.0. The Morgan fingerprint density at radius 1 is 0.661 bits per heavy atom. The minimum atomic E-state index is -4.57. The normalized spacial score (nSPS) is 15.6. The number of phosphoric acid groups is 1. The zero-order chi connectivity index (χ0) is 43.7. The summed E-state index contributed by atoms with van der Waals surface area (Å²) in [6.45, 7) is 4.62. The van der Waals surface area contributed by atoms with E-state index in [0.29, 0.717) is 30.5 Å². The van der Waals surface area contributed by atoms with Crippen molar-refractivity contribution in [2.45, 2.75) is 161 Å². The summed E-state index contributed by atoms with van der Waals surface area (Å²) in [5, 5.41) is 19.2. The number of hydrogen-bond acceptors (Lipinski definition) is 9. The van der Waals surface area contributed by atoms with Crippen LogP contribution in [0.25, 0.3) is 0 Å². The molecule has 10 nitrogen and oxygen atoms in total. The Kier molecular flexibility index (Phi) is 38.1. The standard InChI is InChI=1S/C48H84NO9P/c1-6-7-8-9-10-11-12-13-14-15-16-19-22-25-30-35-41-55-43-47(44-57-59(53,54)56-42-40-49(3,4)5)58-48(52)39-34-27-24-21-18-17-20-23-26-32-37-46(51)38-33-29-28-31-36-45(2)50/h13-14,17-18,23-24,26-27,29,31-33,36-37,45-47,50-51H,6-12,15-16,19-22,25,28,30,34-35,38-44H2,1-5H3/b14-13-,18-17+,26-23+,27-24+,33-29+,36-31-,37-32-. The number of rotatable bonds is 40. The number of aliphatic hydroxyl groups excluding tert-OH is 2. The summed E-state index contributed by atoms with van der Waals surface area (Å²) in [4.78, 5) is 25.0. The van der Waals surface area contributed by atoms with Gasteiger partial charge in [-0.3, -0.25) is 9.36 Å². The van der Waals surface area contributed by atoms with Crippen molar-refractivity contribution in [1.82, 2.24) is 0 Å². The Bertz CT molecular complexity index is 1250. The fraction of sp³-hybridized carbons (Fsp3) is 0.688. The third-order valence-electron chi connectivity index (χ3n) is 9.04. The maximum Gasteiger partial charge on any atom is 0.306 e. The minimum absolute atomic E-state index is 0.00722. The molecule has 0 aromatic rings. The molecule has 0 aliphatic heterocycles. The van der Waals surface area contributed by atoms with E-state index in [1.54, 1.807) is 19.1 Å². The predicted molar refractivity (Wildman–Crippen MR) is 243 cm³/mol. The predicted octanol–water partition coefficient (Wildman–Crippen LogP) is 10.6. The van der Waals surface area contributed by atoms with Gasteiger partial charge < -0.3 is 38.1 Å². The summed E-state index contributed by atoms with van der Waals surface area (Å²) in [6, 6.07) is 0. The van der Waals surface area contributed by atoms with E-state index in [-0.39, 0.29) is 26.2 Å². The monoisotopic (exact) mass is 850 g/mol. The fourth-order valence-corrected chi connectivity index (χ4v) is 6.27. The van der Waals surface area contributed by atoms with Crippen LogP contribution in [-0.2, 0) is 27.9 Å². The molecule has 0 aliphatic rings. The topological polar surface area (TPSA) is 135 Å². The molecule has 340 valence electrons. The molecule has 0 radical (unpaired) electrons. The highest BCUT2D eigenvalue weighted by Gasteiger charge is 2.20. The van der Waals surface area contributed by atoms with Gasteiger partial charge in [0.05, 0.1) is 46.6 Å². The molecule has 0 aliphatic carbocycles. The largest absolute Gasteiger partial charge is 0.756 e. The van der Waals surface area contributed by atoms with Crippen LogP contribution in [0.4, 0.5) is 0 Å². The molecule has 0 saturated heterocycles. The number of carbonyl (C=O) groups excluding carboxylic acids is 1. The van der Waals surface area contributed by atoms with E-state index >= 15 is 0 Å². The number of allylic oxidation sites excluding steroid dienone is 11.